The summed E-state index contributed by atoms with van der Waals surface area (Å²) < 4.78 is 16.4. The molecule has 0 aliphatic heterocycles. The number of hydrazine groups is 1. The van der Waals surface area contributed by atoms with Crippen LogP contribution in [0.1, 0.15) is 26.3 Å². The Kier molecular flexibility index (Phi) is 7.86. The highest BCUT2D eigenvalue weighted by Crippen LogP contribution is 2.18. The summed E-state index contributed by atoms with van der Waals surface area (Å²) in [6, 6.07) is 15.2. The molecule has 2 atom stereocenters. The molecule has 2 N–H and O–H groups in total. The lowest BCUT2D eigenvalue weighted by atomic mass is 10.2. The number of hydrogen-bond acceptors (Lipinski definition) is 6. The predicted octanol–water partition coefficient (Wildman–Crippen LogP) is 2.34. The van der Waals surface area contributed by atoms with Crippen LogP contribution in [-0.2, 0) is 9.59 Å². The average molecular weight is 397 g/mol. The van der Waals surface area contributed by atoms with Crippen LogP contribution in [0.25, 0.3) is 0 Å². The van der Waals surface area contributed by atoms with Crippen LogP contribution in [0.5, 0.6) is 17.2 Å². The van der Waals surface area contributed by atoms with Crippen LogP contribution in [0.15, 0.2) is 48.5 Å². The summed E-state index contributed by atoms with van der Waals surface area (Å²) in [7, 11) is 0. The van der Waals surface area contributed by atoms with Crippen molar-refractivity contribution in [1.29, 1.82) is 5.26 Å². The quantitative estimate of drug-likeness (QED) is 0.662. The van der Waals surface area contributed by atoms with Crippen molar-refractivity contribution in [2.45, 2.75) is 33.0 Å². The third-order valence-electron chi connectivity index (χ3n) is 3.79. The Hall–Kier alpha value is -3.73. The van der Waals surface area contributed by atoms with Gasteiger partial charge in [0, 0.05) is 0 Å². The van der Waals surface area contributed by atoms with Crippen molar-refractivity contribution in [1.82, 2.24) is 10.9 Å². The van der Waals surface area contributed by atoms with Crippen LogP contribution in [-0.4, -0.2) is 30.6 Å². The number of amides is 2. The molecule has 0 aliphatic rings. The van der Waals surface area contributed by atoms with Crippen molar-refractivity contribution in [3.05, 3.63) is 54.1 Å². The first-order chi connectivity index (χ1) is 13.9. The first kappa shape index (κ1) is 21.6. The Morgan fingerprint density at radius 2 is 1.28 bits per heavy atom. The van der Waals surface area contributed by atoms with Crippen molar-refractivity contribution < 1.29 is 23.8 Å². The van der Waals surface area contributed by atoms with Crippen molar-refractivity contribution in [2.24, 2.45) is 0 Å². The molecule has 2 rings (SSSR count). The Morgan fingerprint density at radius 3 is 1.69 bits per heavy atom. The van der Waals surface area contributed by atoms with Crippen molar-refractivity contribution in [3.63, 3.8) is 0 Å². The molecule has 0 spiro atoms. The molecule has 0 bridgehead atoms. The summed E-state index contributed by atoms with van der Waals surface area (Å²) in [5.41, 5.74) is 5.10. The molecular formula is C21H23N3O5. The summed E-state index contributed by atoms with van der Waals surface area (Å²) in [5, 5.41) is 8.78. The summed E-state index contributed by atoms with van der Waals surface area (Å²) in [6.45, 7) is 5.56. The molecule has 0 radical (unpaired) electrons. The standard InChI is InChI=1S/C21H23N3O5/c1-4-27-17-9-11-19(12-10-17)29-15(3)21(26)24-23-20(25)14(2)28-18-7-5-16(13-22)6-8-18/h5-12,14-15H,4H2,1-3H3,(H,23,25)(H,24,26)/t14-,15+/m1/s1. The maximum atomic E-state index is 12.1. The van der Waals surface area contributed by atoms with Gasteiger partial charge >= 0.3 is 0 Å². The number of rotatable bonds is 8. The van der Waals surface area contributed by atoms with Gasteiger partial charge in [-0.2, -0.15) is 5.26 Å². The van der Waals surface area contributed by atoms with Crippen molar-refractivity contribution in [2.75, 3.05) is 6.61 Å². The van der Waals surface area contributed by atoms with Gasteiger partial charge in [-0.1, -0.05) is 0 Å². The minimum absolute atomic E-state index is 0.435. The fourth-order valence-corrected chi connectivity index (χ4v) is 2.23. The lowest BCUT2D eigenvalue weighted by molar-refractivity contribution is -0.135. The second-order valence-corrected chi connectivity index (χ2v) is 6.04. The van der Waals surface area contributed by atoms with Gasteiger partial charge in [-0.25, -0.2) is 0 Å². The molecular weight excluding hydrogens is 374 g/mol. The molecule has 2 amide bonds. The summed E-state index contributed by atoms with van der Waals surface area (Å²) in [5.74, 6) is 0.597. The molecule has 0 aliphatic carbocycles. The summed E-state index contributed by atoms with van der Waals surface area (Å²) in [6.07, 6.45) is -1.69. The van der Waals surface area contributed by atoms with Crippen molar-refractivity contribution >= 4 is 11.8 Å². The van der Waals surface area contributed by atoms with E-state index in [2.05, 4.69) is 10.9 Å². The molecule has 2 aromatic rings. The maximum absolute atomic E-state index is 12.1. The predicted molar refractivity (Wildman–Crippen MR) is 105 cm³/mol. The third-order valence-corrected chi connectivity index (χ3v) is 3.79. The fourth-order valence-electron chi connectivity index (χ4n) is 2.23. The average Bonchev–Trinajstić information content (AvgIpc) is 2.73. The molecule has 0 unspecified atom stereocenters. The lowest BCUT2D eigenvalue weighted by Gasteiger charge is -2.18. The summed E-state index contributed by atoms with van der Waals surface area (Å²) in [4.78, 5) is 24.2. The maximum Gasteiger partial charge on any atom is 0.279 e. The van der Waals surface area contributed by atoms with E-state index in [0.717, 1.165) is 0 Å². The molecule has 0 saturated heterocycles. The number of ether oxygens (including phenoxy) is 3. The molecule has 0 aromatic heterocycles. The van der Waals surface area contributed by atoms with Gasteiger partial charge in [0.2, 0.25) is 0 Å². The van der Waals surface area contributed by atoms with E-state index >= 15 is 0 Å². The van der Waals surface area contributed by atoms with Gasteiger partial charge in [0.1, 0.15) is 17.2 Å². The highest BCUT2D eigenvalue weighted by atomic mass is 16.5. The second-order valence-electron chi connectivity index (χ2n) is 6.04. The van der Waals surface area contributed by atoms with Gasteiger partial charge in [-0.3, -0.25) is 20.4 Å². The molecule has 8 nitrogen and oxygen atoms in total. The zero-order valence-corrected chi connectivity index (χ0v) is 16.5. The molecule has 0 saturated carbocycles. The number of nitrogens with zero attached hydrogens (tertiary/aromatic N) is 1. The topological polar surface area (TPSA) is 110 Å². The van der Waals surface area contributed by atoms with Gasteiger partial charge in [0.05, 0.1) is 18.2 Å². The first-order valence-electron chi connectivity index (χ1n) is 9.09. The zero-order valence-electron chi connectivity index (χ0n) is 16.5. The van der Waals surface area contributed by atoms with Gasteiger partial charge in [0.25, 0.3) is 11.8 Å². The largest absolute Gasteiger partial charge is 0.494 e. The van der Waals surface area contributed by atoms with Crippen LogP contribution in [0.4, 0.5) is 0 Å². The van der Waals surface area contributed by atoms with E-state index in [1.807, 2.05) is 13.0 Å². The molecule has 152 valence electrons. The highest BCUT2D eigenvalue weighted by molar-refractivity contribution is 5.86. The Labute approximate surface area is 169 Å². The number of benzene rings is 2. The minimum atomic E-state index is -0.856. The smallest absolute Gasteiger partial charge is 0.279 e. The van der Waals surface area contributed by atoms with Gasteiger partial charge in [-0.15, -0.1) is 0 Å². The fraction of sp³-hybridized carbons (Fsp3) is 0.286. The molecule has 8 heteroatoms. The number of nitriles is 1. The van der Waals surface area contributed by atoms with Gasteiger partial charge < -0.3 is 14.2 Å². The zero-order chi connectivity index (χ0) is 21.2. The number of hydrogen-bond donors (Lipinski definition) is 2. The molecule has 0 heterocycles. The van der Waals surface area contributed by atoms with Crippen LogP contribution >= 0.6 is 0 Å². The highest BCUT2D eigenvalue weighted by Gasteiger charge is 2.19. The van der Waals surface area contributed by atoms with Crippen LogP contribution in [0.2, 0.25) is 0 Å². The Morgan fingerprint density at radius 1 is 0.862 bits per heavy atom. The van der Waals surface area contributed by atoms with E-state index in [1.54, 1.807) is 62.4 Å². The third kappa shape index (κ3) is 6.74. The monoisotopic (exact) mass is 397 g/mol. The molecule has 0 fully saturated rings. The van der Waals surface area contributed by atoms with E-state index in [-0.39, 0.29) is 0 Å². The molecule has 2 aromatic carbocycles. The van der Waals surface area contributed by atoms with E-state index in [9.17, 15) is 9.59 Å². The van der Waals surface area contributed by atoms with Crippen LogP contribution in [0, 0.1) is 11.3 Å². The summed E-state index contributed by atoms with van der Waals surface area (Å²) >= 11 is 0. The Bertz CT molecular complexity index is 859. The van der Waals surface area contributed by atoms with E-state index in [0.29, 0.717) is 29.4 Å². The van der Waals surface area contributed by atoms with E-state index < -0.39 is 24.0 Å². The number of nitrogens with one attached hydrogen (secondary N) is 2. The minimum Gasteiger partial charge on any atom is -0.494 e. The second kappa shape index (κ2) is 10.6. The Balaban J connectivity index is 1.78. The van der Waals surface area contributed by atoms with Crippen molar-refractivity contribution in [3.8, 4) is 23.3 Å². The van der Waals surface area contributed by atoms with Crippen LogP contribution in [0.3, 0.4) is 0 Å². The van der Waals surface area contributed by atoms with Crippen LogP contribution < -0.4 is 25.1 Å². The first-order valence-corrected chi connectivity index (χ1v) is 9.09. The van der Waals surface area contributed by atoms with E-state index in [4.69, 9.17) is 19.5 Å². The van der Waals surface area contributed by atoms with Gasteiger partial charge in [0.15, 0.2) is 12.2 Å². The molecule has 29 heavy (non-hydrogen) atoms. The van der Waals surface area contributed by atoms with E-state index in [1.165, 1.54) is 0 Å². The lowest BCUT2D eigenvalue weighted by Crippen LogP contribution is -2.50. The van der Waals surface area contributed by atoms with Gasteiger partial charge in [-0.05, 0) is 69.3 Å². The normalized spacial score (nSPS) is 12.1. The SMILES string of the molecule is CCOc1ccc(O[C@@H](C)C(=O)NNC(=O)[C@@H](C)Oc2ccc(C#N)cc2)cc1. The number of carbonyl (C=O) groups excluding carboxylic acids is 2. The number of carbonyl (C=O) groups is 2.